The second-order valence-electron chi connectivity index (χ2n) is 19.6. The van der Waals surface area contributed by atoms with Crippen molar-refractivity contribution in [3.05, 3.63) is 36.5 Å². The topological polar surface area (TPSA) is 95.9 Å². The number of esters is 1. The van der Waals surface area contributed by atoms with Crippen molar-refractivity contribution in [2.75, 3.05) is 13.2 Å². The van der Waals surface area contributed by atoms with Crippen molar-refractivity contribution in [3.8, 4) is 0 Å². The van der Waals surface area contributed by atoms with Crippen LogP contribution in [0.15, 0.2) is 36.5 Å². The molecule has 0 rings (SSSR count). The molecule has 0 saturated heterocycles. The number of ether oxygens (including phenoxy) is 1. The molecule has 6 heteroatoms. The Hall–Kier alpha value is -1.92. The minimum atomic E-state index is -0.864. The van der Waals surface area contributed by atoms with Crippen molar-refractivity contribution in [2.45, 2.75) is 315 Å². The van der Waals surface area contributed by atoms with Crippen LogP contribution in [0.5, 0.6) is 0 Å². The number of carbonyl (C=O) groups excluding carboxylic acids is 2. The largest absolute Gasteiger partial charge is 0.466 e. The SMILES string of the molecule is CCCCCC/C=C\C/C=C\CCCCCCCC(=O)OCCCCCCCCCCCC(=O)NC(CO)C(O)/C=C/CCCCCCCCCCCCCCCCCCCCCCC. The van der Waals surface area contributed by atoms with Crippen LogP contribution in [0.1, 0.15) is 303 Å². The standard InChI is InChI=1S/C59H111NO5/c1-3-5-7-9-11-13-15-17-19-21-22-23-24-25-26-27-28-30-32-35-39-43-47-51-57(62)56(55-61)60-58(63)52-48-44-40-36-34-38-42-46-50-54-65-59(64)53-49-45-41-37-33-31-29-20-18-16-14-12-10-8-6-4-2/h14,16,20,29,47,51,56-57,61-62H,3-13,15,17-19,21-28,30-46,48-50,52-55H2,1-2H3,(H,60,63)/b16-14-,29-20-,51-47+. The van der Waals surface area contributed by atoms with E-state index < -0.39 is 12.1 Å². The van der Waals surface area contributed by atoms with Crippen LogP contribution in [0.25, 0.3) is 0 Å². The summed E-state index contributed by atoms with van der Waals surface area (Å²) in [7, 11) is 0. The first-order valence-corrected chi connectivity index (χ1v) is 28.8. The summed E-state index contributed by atoms with van der Waals surface area (Å²) in [6.07, 6.45) is 67.3. The molecule has 2 atom stereocenters. The van der Waals surface area contributed by atoms with Crippen molar-refractivity contribution in [2.24, 2.45) is 0 Å². The van der Waals surface area contributed by atoms with Crippen LogP contribution in [0, 0.1) is 0 Å². The molecule has 1 amide bonds. The van der Waals surface area contributed by atoms with Crippen LogP contribution in [0.3, 0.4) is 0 Å². The smallest absolute Gasteiger partial charge is 0.305 e. The lowest BCUT2D eigenvalue weighted by molar-refractivity contribution is -0.143. The summed E-state index contributed by atoms with van der Waals surface area (Å²) >= 11 is 0. The number of carbonyl (C=O) groups is 2. The van der Waals surface area contributed by atoms with Gasteiger partial charge in [0.25, 0.3) is 0 Å². The van der Waals surface area contributed by atoms with Gasteiger partial charge in [-0.25, -0.2) is 0 Å². The third-order valence-electron chi connectivity index (χ3n) is 13.2. The van der Waals surface area contributed by atoms with Gasteiger partial charge in [-0.3, -0.25) is 9.59 Å². The molecule has 0 aromatic carbocycles. The Morgan fingerprint density at radius 2 is 0.769 bits per heavy atom. The molecule has 65 heavy (non-hydrogen) atoms. The molecule has 0 aliphatic rings. The minimum absolute atomic E-state index is 0.0403. The number of unbranched alkanes of at least 4 members (excludes halogenated alkanes) is 38. The highest BCUT2D eigenvalue weighted by molar-refractivity contribution is 5.76. The average Bonchev–Trinajstić information content (AvgIpc) is 3.31. The molecular weight excluding hydrogens is 803 g/mol. The lowest BCUT2D eigenvalue weighted by Crippen LogP contribution is -2.45. The summed E-state index contributed by atoms with van der Waals surface area (Å²) in [6, 6.07) is -0.651. The zero-order valence-electron chi connectivity index (χ0n) is 43.5. The third kappa shape index (κ3) is 51.3. The van der Waals surface area contributed by atoms with Crippen LogP contribution in [-0.2, 0) is 14.3 Å². The zero-order valence-corrected chi connectivity index (χ0v) is 43.5. The van der Waals surface area contributed by atoms with Crippen molar-refractivity contribution in [1.82, 2.24) is 5.32 Å². The van der Waals surface area contributed by atoms with Crippen molar-refractivity contribution in [3.63, 3.8) is 0 Å². The Balaban J connectivity index is 3.53. The maximum Gasteiger partial charge on any atom is 0.305 e. The highest BCUT2D eigenvalue weighted by Crippen LogP contribution is 2.17. The predicted octanol–water partition coefficient (Wildman–Crippen LogP) is 17.6. The molecule has 0 saturated carbocycles. The van der Waals surface area contributed by atoms with Gasteiger partial charge in [-0.15, -0.1) is 0 Å². The van der Waals surface area contributed by atoms with Crippen LogP contribution in [-0.4, -0.2) is 47.4 Å². The quantitative estimate of drug-likeness (QED) is 0.0321. The van der Waals surface area contributed by atoms with Gasteiger partial charge >= 0.3 is 5.97 Å². The van der Waals surface area contributed by atoms with E-state index in [1.807, 2.05) is 6.08 Å². The Kier molecular flexibility index (Phi) is 53.1. The summed E-state index contributed by atoms with van der Waals surface area (Å²) in [5, 5.41) is 23.2. The van der Waals surface area contributed by atoms with E-state index in [0.29, 0.717) is 19.4 Å². The van der Waals surface area contributed by atoms with Gasteiger partial charge in [-0.05, 0) is 64.2 Å². The maximum atomic E-state index is 12.5. The Bertz CT molecular complexity index is 1060. The number of allylic oxidation sites excluding steroid dienone is 5. The lowest BCUT2D eigenvalue weighted by Gasteiger charge is -2.20. The van der Waals surface area contributed by atoms with Gasteiger partial charge in [0.2, 0.25) is 5.91 Å². The molecular formula is C59H111NO5. The summed E-state index contributed by atoms with van der Waals surface area (Å²) in [4.78, 5) is 24.5. The van der Waals surface area contributed by atoms with Gasteiger partial charge in [0.1, 0.15) is 0 Å². The molecule has 382 valence electrons. The number of rotatable bonds is 53. The fourth-order valence-corrected chi connectivity index (χ4v) is 8.72. The molecule has 2 unspecified atom stereocenters. The highest BCUT2D eigenvalue weighted by Gasteiger charge is 2.18. The molecule has 0 aliphatic heterocycles. The fourth-order valence-electron chi connectivity index (χ4n) is 8.72. The number of aliphatic hydroxyl groups excluding tert-OH is 2. The van der Waals surface area contributed by atoms with Gasteiger partial charge in [0.15, 0.2) is 0 Å². The summed E-state index contributed by atoms with van der Waals surface area (Å²) in [5.41, 5.74) is 0. The van der Waals surface area contributed by atoms with Crippen LogP contribution >= 0.6 is 0 Å². The van der Waals surface area contributed by atoms with Crippen molar-refractivity contribution in [1.29, 1.82) is 0 Å². The summed E-state index contributed by atoms with van der Waals surface area (Å²) in [6.45, 7) is 4.83. The molecule has 0 aromatic rings. The number of nitrogens with one attached hydrogen (secondary N) is 1. The van der Waals surface area contributed by atoms with E-state index in [4.69, 9.17) is 4.74 Å². The molecule has 0 fully saturated rings. The first-order chi connectivity index (χ1) is 32.0. The Labute approximate surface area is 404 Å². The lowest BCUT2D eigenvalue weighted by atomic mass is 10.0. The van der Waals surface area contributed by atoms with Crippen molar-refractivity contribution < 1.29 is 24.5 Å². The van der Waals surface area contributed by atoms with Gasteiger partial charge in [0.05, 0.1) is 25.4 Å². The summed E-state index contributed by atoms with van der Waals surface area (Å²) in [5.74, 6) is -0.135. The van der Waals surface area contributed by atoms with E-state index in [1.165, 1.54) is 205 Å². The van der Waals surface area contributed by atoms with E-state index >= 15 is 0 Å². The fraction of sp³-hybridized carbons (Fsp3) is 0.864. The number of hydrogen-bond donors (Lipinski definition) is 3. The van der Waals surface area contributed by atoms with E-state index in [-0.39, 0.29) is 18.5 Å². The Morgan fingerprint density at radius 1 is 0.431 bits per heavy atom. The van der Waals surface area contributed by atoms with Gasteiger partial charge in [-0.2, -0.15) is 0 Å². The first-order valence-electron chi connectivity index (χ1n) is 28.8. The highest BCUT2D eigenvalue weighted by atomic mass is 16.5. The molecule has 0 aromatic heterocycles. The molecule has 0 bridgehead atoms. The van der Waals surface area contributed by atoms with E-state index in [1.54, 1.807) is 6.08 Å². The molecule has 0 spiro atoms. The zero-order chi connectivity index (χ0) is 47.2. The molecule has 3 N–H and O–H groups in total. The van der Waals surface area contributed by atoms with Crippen LogP contribution in [0.4, 0.5) is 0 Å². The molecule has 0 heterocycles. The van der Waals surface area contributed by atoms with Gasteiger partial charge in [0, 0.05) is 12.8 Å². The molecule has 0 aliphatic carbocycles. The second kappa shape index (κ2) is 54.7. The number of aliphatic hydroxyl groups is 2. The number of amides is 1. The third-order valence-corrected chi connectivity index (χ3v) is 13.2. The minimum Gasteiger partial charge on any atom is -0.466 e. The first kappa shape index (κ1) is 63.1. The summed E-state index contributed by atoms with van der Waals surface area (Å²) < 4.78 is 5.45. The van der Waals surface area contributed by atoms with Crippen LogP contribution < -0.4 is 5.32 Å². The second-order valence-corrected chi connectivity index (χ2v) is 19.6. The van der Waals surface area contributed by atoms with E-state index in [2.05, 4.69) is 43.5 Å². The molecule has 6 nitrogen and oxygen atoms in total. The van der Waals surface area contributed by atoms with Gasteiger partial charge < -0.3 is 20.3 Å². The van der Waals surface area contributed by atoms with E-state index in [0.717, 1.165) is 70.6 Å². The average molecular weight is 915 g/mol. The monoisotopic (exact) mass is 914 g/mol. The predicted molar refractivity (Wildman–Crippen MR) is 283 cm³/mol. The van der Waals surface area contributed by atoms with Crippen molar-refractivity contribution >= 4 is 11.9 Å². The Morgan fingerprint density at radius 3 is 1.18 bits per heavy atom. The van der Waals surface area contributed by atoms with E-state index in [9.17, 15) is 19.8 Å². The van der Waals surface area contributed by atoms with Gasteiger partial charge in [-0.1, -0.05) is 262 Å². The maximum absolute atomic E-state index is 12.5. The van der Waals surface area contributed by atoms with Crippen LogP contribution in [0.2, 0.25) is 0 Å². The molecule has 0 radical (unpaired) electrons. The normalized spacial score (nSPS) is 12.9. The number of hydrogen-bond acceptors (Lipinski definition) is 5.